The van der Waals surface area contributed by atoms with Gasteiger partial charge in [-0.05, 0) is 15.9 Å². The molecule has 0 spiro atoms. The Balaban J connectivity index is 2.28. The van der Waals surface area contributed by atoms with Crippen LogP contribution in [0.15, 0.2) is 16.6 Å². The molecule has 0 saturated heterocycles. The highest BCUT2D eigenvalue weighted by Gasteiger charge is 2.18. The summed E-state index contributed by atoms with van der Waals surface area (Å²) < 4.78 is 16.1. The first-order chi connectivity index (χ1) is 7.20. The average Bonchev–Trinajstić information content (AvgIpc) is 2.65. The Morgan fingerprint density at radius 2 is 2.13 bits per heavy atom. The highest BCUT2D eigenvalue weighted by atomic mass is 79.9. The molecule has 4 nitrogen and oxygen atoms in total. The number of hydrogen-bond acceptors (Lipinski definition) is 4. The summed E-state index contributed by atoms with van der Waals surface area (Å²) in [5, 5.41) is 0. The SMILES string of the molecule is CCC(=O)Oc1cc2c(cc1Br)OCO2. The zero-order valence-corrected chi connectivity index (χ0v) is 9.67. The van der Waals surface area contributed by atoms with E-state index in [1.165, 1.54) is 0 Å². The summed E-state index contributed by atoms with van der Waals surface area (Å²) in [6.45, 7) is 1.94. The number of rotatable bonds is 2. The number of ether oxygens (including phenoxy) is 3. The molecule has 0 bridgehead atoms. The van der Waals surface area contributed by atoms with Gasteiger partial charge in [-0.25, -0.2) is 0 Å². The van der Waals surface area contributed by atoms with Crippen molar-refractivity contribution in [1.29, 1.82) is 0 Å². The van der Waals surface area contributed by atoms with Crippen molar-refractivity contribution >= 4 is 21.9 Å². The number of esters is 1. The van der Waals surface area contributed by atoms with Gasteiger partial charge in [0, 0.05) is 18.6 Å². The van der Waals surface area contributed by atoms with Crippen molar-refractivity contribution in [2.45, 2.75) is 13.3 Å². The van der Waals surface area contributed by atoms with Gasteiger partial charge < -0.3 is 14.2 Å². The lowest BCUT2D eigenvalue weighted by molar-refractivity contribution is -0.134. The zero-order valence-electron chi connectivity index (χ0n) is 8.08. The van der Waals surface area contributed by atoms with Crippen molar-refractivity contribution < 1.29 is 19.0 Å². The predicted molar refractivity (Wildman–Crippen MR) is 56.2 cm³/mol. The van der Waals surface area contributed by atoms with Gasteiger partial charge in [0.05, 0.1) is 4.47 Å². The third kappa shape index (κ3) is 2.07. The van der Waals surface area contributed by atoms with Gasteiger partial charge in [-0.1, -0.05) is 6.92 Å². The molecule has 15 heavy (non-hydrogen) atoms. The minimum absolute atomic E-state index is 0.201. The number of hydrogen-bond donors (Lipinski definition) is 0. The van der Waals surface area contributed by atoms with Crippen molar-refractivity contribution in [1.82, 2.24) is 0 Å². The molecule has 0 aromatic heterocycles. The molecule has 0 N–H and O–H groups in total. The summed E-state index contributed by atoms with van der Waals surface area (Å²) in [5.41, 5.74) is 0. The van der Waals surface area contributed by atoms with Crippen molar-refractivity contribution in [3.8, 4) is 17.2 Å². The fourth-order valence-corrected chi connectivity index (χ4v) is 1.57. The smallest absolute Gasteiger partial charge is 0.310 e. The van der Waals surface area contributed by atoms with Gasteiger partial charge in [0.2, 0.25) is 6.79 Å². The van der Waals surface area contributed by atoms with Crippen LogP contribution in [0, 0.1) is 0 Å². The lowest BCUT2D eigenvalue weighted by Crippen LogP contribution is -2.05. The van der Waals surface area contributed by atoms with E-state index >= 15 is 0 Å². The predicted octanol–water partition coefficient (Wildman–Crippen LogP) is 2.49. The fraction of sp³-hybridized carbons (Fsp3) is 0.300. The minimum Gasteiger partial charge on any atom is -0.454 e. The lowest BCUT2D eigenvalue weighted by atomic mass is 10.3. The molecule has 1 heterocycles. The molecule has 1 aliphatic rings. The quantitative estimate of drug-likeness (QED) is 0.613. The van der Waals surface area contributed by atoms with Crippen molar-refractivity contribution in [3.05, 3.63) is 16.6 Å². The summed E-state index contributed by atoms with van der Waals surface area (Å²) in [6, 6.07) is 3.36. The van der Waals surface area contributed by atoms with E-state index in [0.29, 0.717) is 28.1 Å². The second-order valence-corrected chi connectivity index (χ2v) is 3.82. The molecular formula is C10H9BrO4. The third-order valence-corrected chi connectivity index (χ3v) is 2.56. The molecular weight excluding hydrogens is 264 g/mol. The fourth-order valence-electron chi connectivity index (χ4n) is 1.17. The first kappa shape index (κ1) is 10.3. The number of carbonyl (C=O) groups excluding carboxylic acids is 1. The molecule has 80 valence electrons. The molecule has 0 amide bonds. The molecule has 0 radical (unpaired) electrons. The van der Waals surface area contributed by atoms with Crippen molar-refractivity contribution in [2.24, 2.45) is 0 Å². The van der Waals surface area contributed by atoms with Crippen LogP contribution < -0.4 is 14.2 Å². The monoisotopic (exact) mass is 272 g/mol. The Hall–Kier alpha value is -1.23. The number of halogens is 1. The number of fused-ring (bicyclic) bond motifs is 1. The van der Waals surface area contributed by atoms with Crippen LogP contribution in [-0.2, 0) is 4.79 Å². The minimum atomic E-state index is -0.283. The van der Waals surface area contributed by atoms with E-state index in [2.05, 4.69) is 15.9 Å². The van der Waals surface area contributed by atoms with Crippen molar-refractivity contribution in [3.63, 3.8) is 0 Å². The Labute approximate surface area is 95.3 Å². The van der Waals surface area contributed by atoms with Gasteiger partial charge in [0.1, 0.15) is 5.75 Å². The Morgan fingerprint density at radius 1 is 1.47 bits per heavy atom. The molecule has 0 atom stereocenters. The van der Waals surface area contributed by atoms with Crippen LogP contribution in [-0.4, -0.2) is 12.8 Å². The molecule has 0 aliphatic carbocycles. The third-order valence-electron chi connectivity index (χ3n) is 1.94. The van der Waals surface area contributed by atoms with E-state index in [9.17, 15) is 4.79 Å². The van der Waals surface area contributed by atoms with E-state index in [4.69, 9.17) is 14.2 Å². The Kier molecular flexibility index (Phi) is 2.81. The zero-order chi connectivity index (χ0) is 10.8. The topological polar surface area (TPSA) is 44.8 Å². The van der Waals surface area contributed by atoms with Gasteiger partial charge in [-0.3, -0.25) is 4.79 Å². The molecule has 0 unspecified atom stereocenters. The summed E-state index contributed by atoms with van der Waals surface area (Å²) in [7, 11) is 0. The number of benzene rings is 1. The van der Waals surface area contributed by atoms with Crippen LogP contribution in [0.3, 0.4) is 0 Å². The summed E-state index contributed by atoms with van der Waals surface area (Å²) in [6.07, 6.45) is 0.334. The average molecular weight is 273 g/mol. The van der Waals surface area contributed by atoms with Crippen LogP contribution in [0.2, 0.25) is 0 Å². The van der Waals surface area contributed by atoms with Gasteiger partial charge in [-0.15, -0.1) is 0 Å². The molecule has 1 aromatic carbocycles. The largest absolute Gasteiger partial charge is 0.454 e. The van der Waals surface area contributed by atoms with E-state index < -0.39 is 0 Å². The van der Waals surface area contributed by atoms with E-state index in [0.717, 1.165) is 0 Å². The standard InChI is InChI=1S/C10H9BrO4/c1-2-10(12)15-7-4-9-8(3-6(7)11)13-5-14-9/h3-4H,2,5H2,1H3. The number of carbonyl (C=O) groups is 1. The van der Waals surface area contributed by atoms with E-state index in [1.807, 2.05) is 0 Å². The van der Waals surface area contributed by atoms with Crippen LogP contribution in [0.4, 0.5) is 0 Å². The van der Waals surface area contributed by atoms with E-state index in [1.54, 1.807) is 19.1 Å². The van der Waals surface area contributed by atoms with Gasteiger partial charge in [0.25, 0.3) is 0 Å². The van der Waals surface area contributed by atoms with Crippen LogP contribution in [0.25, 0.3) is 0 Å². The van der Waals surface area contributed by atoms with Crippen LogP contribution in [0.5, 0.6) is 17.2 Å². The van der Waals surface area contributed by atoms with Gasteiger partial charge >= 0.3 is 5.97 Å². The maximum atomic E-state index is 11.1. The van der Waals surface area contributed by atoms with Gasteiger partial charge in [0.15, 0.2) is 11.5 Å². The maximum absolute atomic E-state index is 11.1. The lowest BCUT2D eigenvalue weighted by Gasteiger charge is -2.06. The second kappa shape index (κ2) is 4.10. The highest BCUT2D eigenvalue weighted by Crippen LogP contribution is 2.40. The molecule has 1 aliphatic heterocycles. The summed E-state index contributed by atoms with van der Waals surface area (Å²) >= 11 is 3.29. The second-order valence-electron chi connectivity index (χ2n) is 2.96. The first-order valence-electron chi connectivity index (χ1n) is 4.50. The van der Waals surface area contributed by atoms with Crippen molar-refractivity contribution in [2.75, 3.05) is 6.79 Å². The first-order valence-corrected chi connectivity index (χ1v) is 5.30. The molecule has 5 heteroatoms. The van der Waals surface area contributed by atoms with Crippen LogP contribution in [0.1, 0.15) is 13.3 Å². The Morgan fingerprint density at radius 3 is 2.80 bits per heavy atom. The highest BCUT2D eigenvalue weighted by molar-refractivity contribution is 9.10. The van der Waals surface area contributed by atoms with Gasteiger partial charge in [-0.2, -0.15) is 0 Å². The normalized spacial score (nSPS) is 12.7. The molecule has 2 rings (SSSR count). The Bertz CT molecular complexity index is 403. The van der Waals surface area contributed by atoms with Crippen LogP contribution >= 0.6 is 15.9 Å². The molecule has 0 saturated carbocycles. The van der Waals surface area contributed by atoms with E-state index in [-0.39, 0.29) is 12.8 Å². The maximum Gasteiger partial charge on any atom is 0.310 e. The molecule has 0 fully saturated rings. The summed E-state index contributed by atoms with van der Waals surface area (Å²) in [5.74, 6) is 1.41. The molecule has 1 aromatic rings. The summed E-state index contributed by atoms with van der Waals surface area (Å²) in [4.78, 5) is 11.1.